The van der Waals surface area contributed by atoms with Crippen molar-refractivity contribution in [2.75, 3.05) is 11.9 Å². The lowest BCUT2D eigenvalue weighted by Gasteiger charge is -2.29. The average Bonchev–Trinajstić information content (AvgIpc) is 2.15. The van der Waals surface area contributed by atoms with Gasteiger partial charge in [-0.15, -0.1) is 0 Å². The van der Waals surface area contributed by atoms with Gasteiger partial charge in [0.15, 0.2) is 0 Å². The van der Waals surface area contributed by atoms with Crippen LogP contribution in [0.15, 0.2) is 18.3 Å². The van der Waals surface area contributed by atoms with E-state index >= 15 is 0 Å². The first-order chi connectivity index (χ1) is 6.92. The summed E-state index contributed by atoms with van der Waals surface area (Å²) in [5.41, 5.74) is 2.54. The molecule has 0 atom stereocenters. The molecule has 0 spiro atoms. The Morgan fingerprint density at radius 1 is 1.40 bits per heavy atom. The zero-order chi connectivity index (χ0) is 11.5. The van der Waals surface area contributed by atoms with E-state index in [4.69, 9.17) is 0 Å². The minimum absolute atomic E-state index is 0.317. The van der Waals surface area contributed by atoms with Gasteiger partial charge in [0.1, 0.15) is 0 Å². The van der Waals surface area contributed by atoms with E-state index in [1.165, 1.54) is 0 Å². The summed E-state index contributed by atoms with van der Waals surface area (Å²) < 4.78 is 0. The molecule has 1 rings (SSSR count). The molecule has 1 aromatic rings. The summed E-state index contributed by atoms with van der Waals surface area (Å²) in [7, 11) is 0. The molecule has 0 bridgehead atoms. The predicted molar refractivity (Wildman–Crippen MR) is 66.1 cm³/mol. The summed E-state index contributed by atoms with van der Waals surface area (Å²) >= 11 is 0. The third kappa shape index (κ3) is 3.54. The summed E-state index contributed by atoms with van der Waals surface area (Å²) in [6.45, 7) is 12.1. The monoisotopic (exact) mass is 206 g/mol. The van der Waals surface area contributed by atoms with E-state index in [-0.39, 0.29) is 0 Å². The Labute approximate surface area is 93.1 Å². The zero-order valence-corrected chi connectivity index (χ0v) is 10.5. The first kappa shape index (κ1) is 12.0. The fourth-order valence-electron chi connectivity index (χ4n) is 1.19. The van der Waals surface area contributed by atoms with Crippen LogP contribution in [-0.2, 0) is 0 Å². The maximum absolute atomic E-state index is 4.18. The van der Waals surface area contributed by atoms with Crippen molar-refractivity contribution in [2.24, 2.45) is 11.3 Å². The van der Waals surface area contributed by atoms with Crippen molar-refractivity contribution in [3.05, 3.63) is 24.0 Å². The Kier molecular flexibility index (Phi) is 3.72. The molecule has 1 N–H and O–H groups in total. The second kappa shape index (κ2) is 4.65. The zero-order valence-electron chi connectivity index (χ0n) is 10.5. The lowest BCUT2D eigenvalue weighted by molar-refractivity contribution is 0.269. The van der Waals surface area contributed by atoms with Gasteiger partial charge >= 0.3 is 0 Å². The van der Waals surface area contributed by atoms with E-state index < -0.39 is 0 Å². The molecule has 1 aromatic heterocycles. The maximum Gasteiger partial charge on any atom is 0.0393 e. The number of hydrogen-bond donors (Lipinski definition) is 1. The topological polar surface area (TPSA) is 24.9 Å². The molecule has 84 valence electrons. The van der Waals surface area contributed by atoms with Gasteiger partial charge in [-0.2, -0.15) is 0 Å². The standard InChI is InChI=1S/C13H22N2/c1-10(2)13(4,5)9-15-12-6-7-14-11(3)8-12/h6-8,10H,9H2,1-5H3,(H,14,15). The average molecular weight is 206 g/mol. The summed E-state index contributed by atoms with van der Waals surface area (Å²) in [6, 6.07) is 4.10. The highest BCUT2D eigenvalue weighted by atomic mass is 14.9. The molecule has 1 heterocycles. The highest BCUT2D eigenvalue weighted by molar-refractivity contribution is 5.43. The Balaban J connectivity index is 2.57. The molecule has 0 fully saturated rings. The third-order valence-electron chi connectivity index (χ3n) is 3.21. The second-order valence-electron chi connectivity index (χ2n) is 5.18. The minimum atomic E-state index is 0.317. The fraction of sp³-hybridized carbons (Fsp3) is 0.615. The molecular formula is C13H22N2. The van der Waals surface area contributed by atoms with Gasteiger partial charge in [-0.25, -0.2) is 0 Å². The van der Waals surface area contributed by atoms with Crippen LogP contribution in [0, 0.1) is 18.3 Å². The first-order valence-electron chi connectivity index (χ1n) is 5.58. The second-order valence-corrected chi connectivity index (χ2v) is 5.18. The van der Waals surface area contributed by atoms with Gasteiger partial charge in [-0.3, -0.25) is 4.98 Å². The van der Waals surface area contributed by atoms with Crippen molar-refractivity contribution in [2.45, 2.75) is 34.6 Å². The molecule has 0 aromatic carbocycles. The molecule has 2 heteroatoms. The van der Waals surface area contributed by atoms with E-state index in [9.17, 15) is 0 Å². The van der Waals surface area contributed by atoms with E-state index in [0.29, 0.717) is 11.3 Å². The molecule has 0 amide bonds. The van der Waals surface area contributed by atoms with E-state index in [0.717, 1.165) is 17.9 Å². The largest absolute Gasteiger partial charge is 0.384 e. The number of nitrogens with one attached hydrogen (secondary N) is 1. The van der Waals surface area contributed by atoms with Gasteiger partial charge in [-0.1, -0.05) is 27.7 Å². The van der Waals surface area contributed by atoms with Crippen LogP contribution in [0.2, 0.25) is 0 Å². The Hall–Kier alpha value is -1.05. The van der Waals surface area contributed by atoms with Gasteiger partial charge in [0, 0.05) is 24.1 Å². The number of hydrogen-bond acceptors (Lipinski definition) is 2. The summed E-state index contributed by atoms with van der Waals surface area (Å²) in [6.07, 6.45) is 1.85. The molecule has 0 aliphatic rings. The molecule has 0 radical (unpaired) electrons. The minimum Gasteiger partial charge on any atom is -0.384 e. The van der Waals surface area contributed by atoms with Crippen LogP contribution in [0.4, 0.5) is 5.69 Å². The number of rotatable bonds is 4. The highest BCUT2D eigenvalue weighted by Gasteiger charge is 2.21. The molecule has 0 aliphatic carbocycles. The van der Waals surface area contributed by atoms with Crippen molar-refractivity contribution in [1.29, 1.82) is 0 Å². The van der Waals surface area contributed by atoms with Gasteiger partial charge in [0.25, 0.3) is 0 Å². The maximum atomic E-state index is 4.18. The number of pyridine rings is 1. The van der Waals surface area contributed by atoms with Gasteiger partial charge < -0.3 is 5.32 Å². The van der Waals surface area contributed by atoms with Gasteiger partial charge in [0.05, 0.1) is 0 Å². The lowest BCUT2D eigenvalue weighted by atomic mass is 9.81. The van der Waals surface area contributed by atoms with Crippen molar-refractivity contribution >= 4 is 5.69 Å². The Morgan fingerprint density at radius 3 is 2.60 bits per heavy atom. The number of anilines is 1. The SMILES string of the molecule is Cc1cc(NCC(C)(C)C(C)C)ccn1. The highest BCUT2D eigenvalue weighted by Crippen LogP contribution is 2.26. The van der Waals surface area contributed by atoms with Crippen LogP contribution in [0.5, 0.6) is 0 Å². The third-order valence-corrected chi connectivity index (χ3v) is 3.21. The molecule has 0 saturated carbocycles. The molecule has 15 heavy (non-hydrogen) atoms. The van der Waals surface area contributed by atoms with E-state index in [1.807, 2.05) is 19.2 Å². The van der Waals surface area contributed by atoms with Crippen LogP contribution in [-0.4, -0.2) is 11.5 Å². The van der Waals surface area contributed by atoms with Crippen LogP contribution < -0.4 is 5.32 Å². The van der Waals surface area contributed by atoms with Crippen LogP contribution in [0.3, 0.4) is 0 Å². The Morgan fingerprint density at radius 2 is 2.07 bits per heavy atom. The van der Waals surface area contributed by atoms with Crippen molar-refractivity contribution in [1.82, 2.24) is 4.98 Å². The van der Waals surface area contributed by atoms with Crippen LogP contribution >= 0.6 is 0 Å². The lowest BCUT2D eigenvalue weighted by Crippen LogP contribution is -2.28. The van der Waals surface area contributed by atoms with Crippen molar-refractivity contribution in [3.8, 4) is 0 Å². The molecule has 0 saturated heterocycles. The summed E-state index contributed by atoms with van der Waals surface area (Å²) in [5, 5.41) is 3.47. The molecule has 2 nitrogen and oxygen atoms in total. The fourth-order valence-corrected chi connectivity index (χ4v) is 1.19. The number of aryl methyl sites for hydroxylation is 1. The molecule has 0 aliphatic heterocycles. The van der Waals surface area contributed by atoms with Crippen LogP contribution in [0.1, 0.15) is 33.4 Å². The first-order valence-corrected chi connectivity index (χ1v) is 5.58. The quantitative estimate of drug-likeness (QED) is 0.815. The van der Waals surface area contributed by atoms with E-state index in [2.05, 4.69) is 44.1 Å². The van der Waals surface area contributed by atoms with Gasteiger partial charge in [-0.05, 0) is 30.4 Å². The normalized spacial score (nSPS) is 11.9. The van der Waals surface area contributed by atoms with Crippen LogP contribution in [0.25, 0.3) is 0 Å². The van der Waals surface area contributed by atoms with Gasteiger partial charge in [0.2, 0.25) is 0 Å². The molecular weight excluding hydrogens is 184 g/mol. The van der Waals surface area contributed by atoms with Crippen molar-refractivity contribution < 1.29 is 0 Å². The molecule has 0 unspecified atom stereocenters. The van der Waals surface area contributed by atoms with Crippen molar-refractivity contribution in [3.63, 3.8) is 0 Å². The summed E-state index contributed by atoms with van der Waals surface area (Å²) in [4.78, 5) is 4.18. The Bertz CT molecular complexity index is 316. The number of aromatic nitrogens is 1. The van der Waals surface area contributed by atoms with E-state index in [1.54, 1.807) is 0 Å². The smallest absolute Gasteiger partial charge is 0.0393 e. The number of nitrogens with zero attached hydrogens (tertiary/aromatic N) is 1. The predicted octanol–water partition coefficient (Wildman–Crippen LogP) is 3.48. The summed E-state index contributed by atoms with van der Waals surface area (Å²) in [5.74, 6) is 0.674.